The standard InChI is InChI=1S/C14H22N5O14P3S2/c20-7-4-10(31-8(7)5-30-35(26,27)33-36(28,29)32-34(23,24)25)19-6-15-11-12(19)17-14(18-13(11)22)16-9(21)2-1-3-38-37/h6-8,10,20,37H,1-5H2,(H,26,27)(H,28,29)(H2,23,24,25)(H2,16,17,18,21,22)/t7?,8-,10-/m1/s1. The third-order valence-electron chi connectivity index (χ3n) is 4.66. The van der Waals surface area contributed by atoms with Gasteiger partial charge in [0.25, 0.3) is 5.56 Å². The van der Waals surface area contributed by atoms with Crippen LogP contribution in [0.1, 0.15) is 25.5 Å². The Hall–Kier alpha value is -1.15. The summed E-state index contributed by atoms with van der Waals surface area (Å²) in [4.78, 5) is 70.9. The van der Waals surface area contributed by atoms with Crippen molar-refractivity contribution in [2.24, 2.45) is 0 Å². The molecule has 19 nitrogen and oxygen atoms in total. The molecular weight excluding hydrogens is 619 g/mol. The van der Waals surface area contributed by atoms with E-state index >= 15 is 0 Å². The number of nitrogens with one attached hydrogen (secondary N) is 2. The molecule has 1 aliphatic rings. The largest absolute Gasteiger partial charge is 0.490 e. The first kappa shape index (κ1) is 31.4. The smallest absolute Gasteiger partial charge is 0.390 e. The number of imidazole rings is 1. The quantitative estimate of drug-likeness (QED) is 0.0636. The number of rotatable bonds is 13. The van der Waals surface area contributed by atoms with Gasteiger partial charge in [-0.05, 0) is 6.42 Å². The van der Waals surface area contributed by atoms with Crippen LogP contribution in [0.3, 0.4) is 0 Å². The SMILES string of the molecule is O=C(CCCSS)Nc1nc2c(ncn2[C@H]2CC(O)[C@@H](COP(=O)(O)OP(=O)(O)OP(=O)(O)O)O2)c(=O)[nH]1. The van der Waals surface area contributed by atoms with E-state index in [1.807, 2.05) is 0 Å². The van der Waals surface area contributed by atoms with E-state index in [0.29, 0.717) is 12.2 Å². The van der Waals surface area contributed by atoms with Gasteiger partial charge < -0.3 is 29.4 Å². The maximum Gasteiger partial charge on any atom is 0.490 e. The Morgan fingerprint density at radius 3 is 2.63 bits per heavy atom. The van der Waals surface area contributed by atoms with Crippen molar-refractivity contribution < 1.29 is 61.1 Å². The van der Waals surface area contributed by atoms with E-state index in [2.05, 4.69) is 45.1 Å². The van der Waals surface area contributed by atoms with Crippen LogP contribution < -0.4 is 10.9 Å². The molecule has 0 saturated carbocycles. The van der Waals surface area contributed by atoms with Gasteiger partial charge in [-0.3, -0.25) is 29.0 Å². The van der Waals surface area contributed by atoms with E-state index in [9.17, 15) is 38.2 Å². The van der Waals surface area contributed by atoms with Gasteiger partial charge in [0.2, 0.25) is 11.9 Å². The molecule has 0 aliphatic carbocycles. The van der Waals surface area contributed by atoms with E-state index in [0.717, 1.165) is 0 Å². The van der Waals surface area contributed by atoms with Crippen LogP contribution in [0.25, 0.3) is 11.2 Å². The van der Waals surface area contributed by atoms with E-state index in [-0.39, 0.29) is 30.0 Å². The lowest BCUT2D eigenvalue weighted by atomic mass is 10.2. The number of hydrogen-bond acceptors (Lipinski definition) is 14. The van der Waals surface area contributed by atoms with Gasteiger partial charge in [-0.25, -0.2) is 18.7 Å². The predicted octanol–water partition coefficient (Wildman–Crippen LogP) is 0.408. The van der Waals surface area contributed by atoms with Gasteiger partial charge in [-0.2, -0.15) is 13.6 Å². The summed E-state index contributed by atoms with van der Waals surface area (Å²) < 4.78 is 52.6. The second kappa shape index (κ2) is 12.6. The Morgan fingerprint density at radius 2 is 1.97 bits per heavy atom. The molecule has 0 radical (unpaired) electrons. The molecule has 2 aromatic heterocycles. The van der Waals surface area contributed by atoms with E-state index in [1.54, 1.807) is 0 Å². The van der Waals surface area contributed by atoms with Gasteiger partial charge >= 0.3 is 23.5 Å². The molecule has 0 bridgehead atoms. The van der Waals surface area contributed by atoms with Crippen LogP contribution in [0.2, 0.25) is 0 Å². The number of phosphoric ester groups is 1. The zero-order valence-corrected chi connectivity index (χ0v) is 23.2. The zero-order chi connectivity index (χ0) is 28.3. The Labute approximate surface area is 221 Å². The number of carbonyl (C=O) groups is 1. The highest BCUT2D eigenvalue weighted by Gasteiger charge is 2.43. The summed E-state index contributed by atoms with van der Waals surface area (Å²) in [6, 6.07) is 0. The maximum atomic E-state index is 12.4. The van der Waals surface area contributed by atoms with Crippen LogP contribution in [0.15, 0.2) is 11.1 Å². The fourth-order valence-corrected chi connectivity index (χ4v) is 6.89. The van der Waals surface area contributed by atoms with Crippen LogP contribution in [0.5, 0.6) is 0 Å². The molecule has 3 heterocycles. The maximum absolute atomic E-state index is 12.4. The number of aromatic amines is 1. The zero-order valence-electron chi connectivity index (χ0n) is 18.8. The van der Waals surface area contributed by atoms with Gasteiger partial charge in [-0.1, -0.05) is 10.8 Å². The number of phosphoric acid groups is 3. The number of aliphatic hydroxyl groups is 1. The lowest BCUT2D eigenvalue weighted by molar-refractivity contribution is -0.116. The first-order valence-electron chi connectivity index (χ1n) is 10.2. The molecule has 1 amide bonds. The molecule has 2 aromatic rings. The normalized spacial score (nSPS) is 23.3. The third-order valence-corrected chi connectivity index (χ3v) is 9.48. The second-order valence-corrected chi connectivity index (χ2v) is 13.4. The lowest BCUT2D eigenvalue weighted by Crippen LogP contribution is -2.26. The van der Waals surface area contributed by atoms with Crippen molar-refractivity contribution >= 4 is 68.9 Å². The van der Waals surface area contributed by atoms with Crippen molar-refractivity contribution in [3.63, 3.8) is 0 Å². The minimum Gasteiger partial charge on any atom is -0.390 e. The van der Waals surface area contributed by atoms with Gasteiger partial charge in [0.15, 0.2) is 11.2 Å². The van der Waals surface area contributed by atoms with Gasteiger partial charge in [0.1, 0.15) is 12.3 Å². The predicted molar refractivity (Wildman–Crippen MR) is 132 cm³/mol. The Kier molecular flexibility index (Phi) is 10.4. The Balaban J connectivity index is 1.68. The van der Waals surface area contributed by atoms with Crippen LogP contribution in [0.4, 0.5) is 5.95 Å². The number of nitrogens with zero attached hydrogens (tertiary/aromatic N) is 3. The number of ether oxygens (including phenoxy) is 1. The fourth-order valence-electron chi connectivity index (χ4n) is 3.19. The lowest BCUT2D eigenvalue weighted by Gasteiger charge is -2.19. The highest BCUT2D eigenvalue weighted by atomic mass is 33.1. The van der Waals surface area contributed by atoms with Crippen LogP contribution in [-0.2, 0) is 36.4 Å². The molecule has 3 unspecified atom stereocenters. The van der Waals surface area contributed by atoms with Gasteiger partial charge in [0, 0.05) is 18.6 Å². The number of thiol groups is 1. The summed E-state index contributed by atoms with van der Waals surface area (Å²) in [5, 5.41) is 12.8. The molecule has 24 heteroatoms. The highest BCUT2D eigenvalue weighted by molar-refractivity contribution is 8.68. The van der Waals surface area contributed by atoms with Crippen molar-refractivity contribution in [2.75, 3.05) is 17.7 Å². The first-order valence-corrected chi connectivity index (χ1v) is 16.8. The minimum absolute atomic E-state index is 0.0132. The molecular formula is C14H22N5O14P3S2. The van der Waals surface area contributed by atoms with Crippen molar-refractivity contribution in [1.82, 2.24) is 19.5 Å². The highest BCUT2D eigenvalue weighted by Crippen LogP contribution is 2.66. The minimum atomic E-state index is -5.71. The first-order chi connectivity index (χ1) is 17.6. The summed E-state index contributed by atoms with van der Waals surface area (Å²) in [5.41, 5.74) is -0.789. The van der Waals surface area contributed by atoms with Gasteiger partial charge in [-0.15, -0.1) is 11.7 Å². The monoisotopic (exact) mass is 641 g/mol. The number of aliphatic hydroxyl groups excluding tert-OH is 1. The van der Waals surface area contributed by atoms with Crippen LogP contribution >= 0.6 is 45.9 Å². The molecule has 38 heavy (non-hydrogen) atoms. The summed E-state index contributed by atoms with van der Waals surface area (Å²) in [7, 11) is -15.4. The molecule has 5 atom stereocenters. The van der Waals surface area contributed by atoms with Crippen molar-refractivity contribution in [1.29, 1.82) is 0 Å². The number of anilines is 1. The fraction of sp³-hybridized carbons (Fsp3) is 0.571. The molecule has 1 fully saturated rings. The molecule has 0 spiro atoms. The molecule has 1 saturated heterocycles. The molecule has 0 aromatic carbocycles. The summed E-state index contributed by atoms with van der Waals surface area (Å²) in [6.07, 6.45) is -1.92. The summed E-state index contributed by atoms with van der Waals surface area (Å²) in [5.74, 6) is 0.0761. The molecule has 3 rings (SSSR count). The van der Waals surface area contributed by atoms with Crippen LogP contribution in [0, 0.1) is 0 Å². The van der Waals surface area contributed by atoms with Gasteiger partial charge in [0.05, 0.1) is 19.0 Å². The van der Waals surface area contributed by atoms with Crippen molar-refractivity contribution in [2.45, 2.75) is 37.7 Å². The second-order valence-electron chi connectivity index (χ2n) is 7.54. The third kappa shape index (κ3) is 8.94. The Bertz CT molecular complexity index is 1370. The number of hydrogen-bond donors (Lipinski definition) is 8. The average molecular weight is 641 g/mol. The van der Waals surface area contributed by atoms with Crippen LogP contribution in [-0.4, -0.2) is 74.7 Å². The molecule has 7 N–H and O–H groups in total. The number of aromatic nitrogens is 4. The van der Waals surface area contributed by atoms with E-state index < -0.39 is 60.0 Å². The number of fused-ring (bicyclic) bond motifs is 1. The average Bonchev–Trinajstić information content (AvgIpc) is 3.33. The topological polar surface area (TPSA) is 282 Å². The number of carbonyl (C=O) groups excluding carboxylic acids is 1. The summed E-state index contributed by atoms with van der Waals surface area (Å²) in [6.45, 7) is -0.881. The number of H-pyrrole nitrogens is 1. The number of amides is 1. The van der Waals surface area contributed by atoms with E-state index in [4.69, 9.17) is 14.5 Å². The Morgan fingerprint density at radius 1 is 1.26 bits per heavy atom. The molecule has 214 valence electrons. The molecule has 1 aliphatic heterocycles. The van der Waals surface area contributed by atoms with Crippen molar-refractivity contribution in [3.05, 3.63) is 16.7 Å². The van der Waals surface area contributed by atoms with E-state index in [1.165, 1.54) is 21.7 Å². The summed E-state index contributed by atoms with van der Waals surface area (Å²) >= 11 is 3.99. The van der Waals surface area contributed by atoms with Crippen molar-refractivity contribution in [3.8, 4) is 0 Å².